The maximum absolute atomic E-state index is 5.28. The second-order valence-corrected chi connectivity index (χ2v) is 4.74. The Labute approximate surface area is 102 Å². The van der Waals surface area contributed by atoms with Crippen LogP contribution in [-0.2, 0) is 0 Å². The number of aromatic amines is 1. The van der Waals surface area contributed by atoms with Crippen molar-refractivity contribution >= 4 is 39.2 Å². The molecule has 1 unspecified atom stereocenters. The topological polar surface area (TPSA) is 20.7 Å². The number of nitrogens with zero attached hydrogens (tertiary/aromatic N) is 1. The first-order chi connectivity index (χ1) is 7.13. The maximum atomic E-state index is 5.28. The van der Waals surface area contributed by atoms with Crippen LogP contribution < -0.4 is 0 Å². The lowest BCUT2D eigenvalue weighted by Gasteiger charge is -2.09. The maximum Gasteiger partial charge on any atom is 0.178 e. The van der Waals surface area contributed by atoms with E-state index in [1.54, 1.807) is 0 Å². The number of halogens is 1. The van der Waals surface area contributed by atoms with Crippen molar-refractivity contribution in [2.45, 2.75) is 13.0 Å². The summed E-state index contributed by atoms with van der Waals surface area (Å²) in [6.45, 7) is 5.86. The van der Waals surface area contributed by atoms with Crippen molar-refractivity contribution < 1.29 is 0 Å². The number of imidazole rings is 1. The number of benzene rings is 1. The largest absolute Gasteiger partial charge is 0.331 e. The van der Waals surface area contributed by atoms with E-state index in [1.807, 2.05) is 18.2 Å². The molecule has 0 aliphatic heterocycles. The predicted molar refractivity (Wildman–Crippen MR) is 69.7 cm³/mol. The molecule has 1 atom stereocenters. The van der Waals surface area contributed by atoms with Crippen molar-refractivity contribution in [3.05, 3.63) is 40.1 Å². The van der Waals surface area contributed by atoms with E-state index in [-0.39, 0.29) is 6.04 Å². The van der Waals surface area contributed by atoms with Gasteiger partial charge < -0.3 is 9.55 Å². The minimum atomic E-state index is 0.195. The molecule has 0 aliphatic rings. The van der Waals surface area contributed by atoms with E-state index >= 15 is 0 Å². The first-order valence-electron chi connectivity index (χ1n) is 4.66. The van der Waals surface area contributed by atoms with Gasteiger partial charge in [-0.15, -0.1) is 6.58 Å². The van der Waals surface area contributed by atoms with Crippen LogP contribution in [0.3, 0.4) is 0 Å². The first kappa shape index (κ1) is 10.6. The summed E-state index contributed by atoms with van der Waals surface area (Å²) < 4.78 is 3.84. The van der Waals surface area contributed by atoms with Gasteiger partial charge in [0.05, 0.1) is 17.1 Å². The van der Waals surface area contributed by atoms with Gasteiger partial charge in [-0.2, -0.15) is 0 Å². The van der Waals surface area contributed by atoms with Gasteiger partial charge in [0.25, 0.3) is 0 Å². The van der Waals surface area contributed by atoms with Crippen molar-refractivity contribution in [1.82, 2.24) is 9.55 Å². The van der Waals surface area contributed by atoms with Gasteiger partial charge in [-0.1, -0.05) is 22.0 Å². The molecule has 0 spiro atoms. The Balaban J connectivity index is 2.82. The summed E-state index contributed by atoms with van der Waals surface area (Å²) in [5.41, 5.74) is 2.15. The summed E-state index contributed by atoms with van der Waals surface area (Å²) in [5.74, 6) is 0. The van der Waals surface area contributed by atoms with Gasteiger partial charge in [-0.05, 0) is 37.3 Å². The predicted octanol–water partition coefficient (Wildman–Crippen LogP) is 4.21. The average molecular weight is 283 g/mol. The zero-order chi connectivity index (χ0) is 11.0. The number of H-pyrrole nitrogens is 1. The van der Waals surface area contributed by atoms with Crippen LogP contribution in [0.4, 0.5) is 0 Å². The van der Waals surface area contributed by atoms with E-state index in [1.165, 1.54) is 0 Å². The van der Waals surface area contributed by atoms with E-state index in [9.17, 15) is 0 Å². The summed E-state index contributed by atoms with van der Waals surface area (Å²) in [4.78, 5) is 3.18. The number of hydrogen-bond donors (Lipinski definition) is 1. The molecule has 1 aromatic heterocycles. The molecule has 1 N–H and O–H groups in total. The Hall–Kier alpha value is -0.870. The Kier molecular flexibility index (Phi) is 2.80. The number of fused-ring (bicyclic) bond motifs is 1. The van der Waals surface area contributed by atoms with Crippen LogP contribution in [0.5, 0.6) is 0 Å². The van der Waals surface area contributed by atoms with E-state index in [0.29, 0.717) is 0 Å². The molecular formula is C11H11BrN2S. The van der Waals surface area contributed by atoms with Crippen molar-refractivity contribution in [1.29, 1.82) is 0 Å². The second kappa shape index (κ2) is 3.94. The molecule has 0 amide bonds. The van der Waals surface area contributed by atoms with Crippen LogP contribution in [0.15, 0.2) is 35.3 Å². The first-order valence-corrected chi connectivity index (χ1v) is 5.86. The van der Waals surface area contributed by atoms with E-state index in [2.05, 4.69) is 45.1 Å². The summed E-state index contributed by atoms with van der Waals surface area (Å²) in [6, 6.07) is 6.26. The number of allylic oxidation sites excluding steroid dienone is 1. The normalized spacial score (nSPS) is 12.9. The minimum Gasteiger partial charge on any atom is -0.331 e. The minimum absolute atomic E-state index is 0.195. The van der Waals surface area contributed by atoms with Crippen LogP contribution in [-0.4, -0.2) is 9.55 Å². The molecular weight excluding hydrogens is 272 g/mol. The Morgan fingerprint density at radius 3 is 3.00 bits per heavy atom. The standard InChI is InChI=1S/C11H11BrN2S/c1-3-7(2)14-10-6-8(12)4-5-9(10)13-11(14)15/h3-7H,1H2,2H3,(H,13,15). The molecule has 2 nitrogen and oxygen atoms in total. The molecule has 1 aromatic carbocycles. The zero-order valence-corrected chi connectivity index (χ0v) is 10.7. The van der Waals surface area contributed by atoms with Gasteiger partial charge in [0.1, 0.15) is 0 Å². The van der Waals surface area contributed by atoms with Crippen molar-refractivity contribution in [3.8, 4) is 0 Å². The second-order valence-electron chi connectivity index (χ2n) is 3.44. The highest BCUT2D eigenvalue weighted by molar-refractivity contribution is 9.10. The monoisotopic (exact) mass is 282 g/mol. The molecule has 0 saturated carbocycles. The number of aromatic nitrogens is 2. The van der Waals surface area contributed by atoms with Gasteiger partial charge in [-0.3, -0.25) is 0 Å². The summed E-state index contributed by atoms with van der Waals surface area (Å²) in [6.07, 6.45) is 1.88. The Bertz CT molecular complexity index is 567. The van der Waals surface area contributed by atoms with Gasteiger partial charge in [0.2, 0.25) is 0 Å². The summed E-state index contributed by atoms with van der Waals surface area (Å²) in [5, 5.41) is 0. The quantitative estimate of drug-likeness (QED) is 0.647. The van der Waals surface area contributed by atoms with Crippen LogP contribution >= 0.6 is 28.1 Å². The average Bonchev–Trinajstić information content (AvgIpc) is 2.52. The summed E-state index contributed by atoms with van der Waals surface area (Å²) in [7, 11) is 0. The van der Waals surface area contributed by atoms with Crippen LogP contribution in [0, 0.1) is 4.77 Å². The summed E-state index contributed by atoms with van der Waals surface area (Å²) >= 11 is 8.74. The van der Waals surface area contributed by atoms with E-state index < -0.39 is 0 Å². The third-order valence-corrected chi connectivity index (χ3v) is 3.22. The molecule has 0 aliphatic carbocycles. The molecule has 78 valence electrons. The molecule has 2 aromatic rings. The number of nitrogens with one attached hydrogen (secondary N) is 1. The number of hydrogen-bond acceptors (Lipinski definition) is 1. The molecule has 15 heavy (non-hydrogen) atoms. The van der Waals surface area contributed by atoms with E-state index in [0.717, 1.165) is 20.3 Å². The molecule has 0 fully saturated rings. The highest BCUT2D eigenvalue weighted by atomic mass is 79.9. The third-order valence-electron chi connectivity index (χ3n) is 2.43. The van der Waals surface area contributed by atoms with Crippen molar-refractivity contribution in [2.24, 2.45) is 0 Å². The fourth-order valence-electron chi connectivity index (χ4n) is 1.60. The fraction of sp³-hybridized carbons (Fsp3) is 0.182. The number of rotatable bonds is 2. The molecule has 2 rings (SSSR count). The Morgan fingerprint density at radius 1 is 1.60 bits per heavy atom. The SMILES string of the molecule is C=CC(C)n1c(=S)[nH]c2ccc(Br)cc21. The third kappa shape index (κ3) is 1.79. The molecule has 0 bridgehead atoms. The van der Waals surface area contributed by atoms with Crippen LogP contribution in [0.25, 0.3) is 11.0 Å². The molecule has 1 heterocycles. The smallest absolute Gasteiger partial charge is 0.178 e. The lowest BCUT2D eigenvalue weighted by molar-refractivity contribution is 0.673. The van der Waals surface area contributed by atoms with Gasteiger partial charge in [-0.25, -0.2) is 0 Å². The molecule has 0 saturated heterocycles. The lowest BCUT2D eigenvalue weighted by atomic mass is 10.3. The van der Waals surface area contributed by atoms with E-state index in [4.69, 9.17) is 12.2 Å². The van der Waals surface area contributed by atoms with Gasteiger partial charge in [0.15, 0.2) is 4.77 Å². The molecule has 0 radical (unpaired) electrons. The van der Waals surface area contributed by atoms with Crippen LogP contribution in [0.1, 0.15) is 13.0 Å². The molecule has 4 heteroatoms. The lowest BCUT2D eigenvalue weighted by Crippen LogP contribution is -2.01. The van der Waals surface area contributed by atoms with Crippen molar-refractivity contribution in [3.63, 3.8) is 0 Å². The van der Waals surface area contributed by atoms with Gasteiger partial charge in [0, 0.05) is 4.47 Å². The zero-order valence-electron chi connectivity index (χ0n) is 8.33. The Morgan fingerprint density at radius 2 is 2.33 bits per heavy atom. The highest BCUT2D eigenvalue weighted by Crippen LogP contribution is 2.23. The van der Waals surface area contributed by atoms with Crippen LogP contribution in [0.2, 0.25) is 0 Å². The van der Waals surface area contributed by atoms with Crippen molar-refractivity contribution in [2.75, 3.05) is 0 Å². The highest BCUT2D eigenvalue weighted by Gasteiger charge is 2.08. The fourth-order valence-corrected chi connectivity index (χ4v) is 2.33. The van der Waals surface area contributed by atoms with Gasteiger partial charge >= 0.3 is 0 Å².